The number of nitrogens with zero attached hydrogens (tertiary/aromatic N) is 1. The Hall–Kier alpha value is -0.540. The predicted octanol–water partition coefficient (Wildman–Crippen LogP) is 3.95. The smallest absolute Gasteiger partial charge is 0.120 e. The van der Waals surface area contributed by atoms with Crippen LogP contribution in [0.5, 0.6) is 5.75 Å². The average molecular weight is 298 g/mol. The standard InChI is InChI=1S/C14H20BrNO/c1-10(16-7-6-14(2,3)9-16)12-8-11(15)4-5-13(12)17/h4-5,8,10,17H,6-7,9H2,1-3H3. The molecule has 1 heterocycles. The minimum Gasteiger partial charge on any atom is -0.508 e. The lowest BCUT2D eigenvalue weighted by atomic mass is 9.93. The van der Waals surface area contributed by atoms with Gasteiger partial charge in [0.2, 0.25) is 0 Å². The van der Waals surface area contributed by atoms with Gasteiger partial charge in [0.25, 0.3) is 0 Å². The van der Waals surface area contributed by atoms with Crippen molar-refractivity contribution >= 4 is 15.9 Å². The van der Waals surface area contributed by atoms with Crippen molar-refractivity contribution in [3.63, 3.8) is 0 Å². The molecule has 1 unspecified atom stereocenters. The van der Waals surface area contributed by atoms with Crippen molar-refractivity contribution in [3.8, 4) is 5.75 Å². The molecule has 1 aromatic rings. The summed E-state index contributed by atoms with van der Waals surface area (Å²) in [7, 11) is 0. The molecular formula is C14H20BrNO. The Balaban J connectivity index is 2.20. The zero-order chi connectivity index (χ0) is 12.6. The SMILES string of the molecule is CC(c1cc(Br)ccc1O)N1CCC(C)(C)C1. The molecule has 0 spiro atoms. The van der Waals surface area contributed by atoms with Gasteiger partial charge in [-0.2, -0.15) is 0 Å². The van der Waals surface area contributed by atoms with E-state index < -0.39 is 0 Å². The second-order valence-electron chi connectivity index (χ2n) is 5.76. The molecule has 17 heavy (non-hydrogen) atoms. The highest BCUT2D eigenvalue weighted by Crippen LogP contribution is 2.37. The molecule has 0 aromatic heterocycles. The molecule has 2 rings (SSSR count). The van der Waals surface area contributed by atoms with Crippen LogP contribution in [0.1, 0.15) is 38.8 Å². The van der Waals surface area contributed by atoms with Crippen molar-refractivity contribution in [3.05, 3.63) is 28.2 Å². The van der Waals surface area contributed by atoms with Gasteiger partial charge in [0, 0.05) is 22.6 Å². The second-order valence-corrected chi connectivity index (χ2v) is 6.68. The minimum absolute atomic E-state index is 0.272. The average Bonchev–Trinajstić information content (AvgIpc) is 2.61. The first-order chi connectivity index (χ1) is 7.89. The lowest BCUT2D eigenvalue weighted by Gasteiger charge is -2.27. The van der Waals surface area contributed by atoms with Crippen LogP contribution >= 0.6 is 15.9 Å². The van der Waals surface area contributed by atoms with Crippen LogP contribution in [0.2, 0.25) is 0 Å². The van der Waals surface area contributed by atoms with Crippen LogP contribution in [0.25, 0.3) is 0 Å². The summed E-state index contributed by atoms with van der Waals surface area (Å²) in [4.78, 5) is 2.45. The Morgan fingerprint density at radius 1 is 1.41 bits per heavy atom. The van der Waals surface area contributed by atoms with Gasteiger partial charge >= 0.3 is 0 Å². The highest BCUT2D eigenvalue weighted by Gasteiger charge is 2.32. The normalized spacial score (nSPS) is 21.6. The molecule has 94 valence electrons. The minimum atomic E-state index is 0.272. The maximum absolute atomic E-state index is 9.95. The highest BCUT2D eigenvalue weighted by atomic mass is 79.9. The van der Waals surface area contributed by atoms with Gasteiger partial charge in [-0.25, -0.2) is 0 Å². The Bertz CT molecular complexity index is 417. The number of likely N-dealkylation sites (tertiary alicyclic amines) is 1. The van der Waals surface area contributed by atoms with E-state index in [1.165, 1.54) is 6.42 Å². The van der Waals surface area contributed by atoms with Crippen molar-refractivity contribution in [2.75, 3.05) is 13.1 Å². The molecule has 0 saturated carbocycles. The molecule has 0 radical (unpaired) electrons. The van der Waals surface area contributed by atoms with Crippen LogP contribution in [0, 0.1) is 5.41 Å². The van der Waals surface area contributed by atoms with Crippen LogP contribution in [0.3, 0.4) is 0 Å². The summed E-state index contributed by atoms with van der Waals surface area (Å²) in [6.45, 7) is 8.99. The van der Waals surface area contributed by atoms with E-state index in [9.17, 15) is 5.11 Å². The van der Waals surface area contributed by atoms with Gasteiger partial charge < -0.3 is 5.11 Å². The van der Waals surface area contributed by atoms with Gasteiger partial charge in [-0.05, 0) is 43.5 Å². The van der Waals surface area contributed by atoms with Gasteiger partial charge in [-0.1, -0.05) is 29.8 Å². The van der Waals surface area contributed by atoms with E-state index >= 15 is 0 Å². The summed E-state index contributed by atoms with van der Waals surface area (Å²) in [5.41, 5.74) is 1.41. The summed E-state index contributed by atoms with van der Waals surface area (Å²) in [5, 5.41) is 9.95. The monoisotopic (exact) mass is 297 g/mol. The topological polar surface area (TPSA) is 23.5 Å². The highest BCUT2D eigenvalue weighted by molar-refractivity contribution is 9.10. The number of rotatable bonds is 2. The van der Waals surface area contributed by atoms with Crippen LogP contribution < -0.4 is 0 Å². The molecule has 2 nitrogen and oxygen atoms in total. The number of halogens is 1. The molecule has 1 atom stereocenters. The number of phenols is 1. The molecule has 0 aliphatic carbocycles. The van der Waals surface area contributed by atoms with Gasteiger partial charge in [0.1, 0.15) is 5.75 Å². The maximum atomic E-state index is 9.95. The van der Waals surface area contributed by atoms with Crippen LogP contribution in [-0.2, 0) is 0 Å². The van der Waals surface area contributed by atoms with Crippen molar-refractivity contribution in [2.45, 2.75) is 33.2 Å². The quantitative estimate of drug-likeness (QED) is 0.893. The molecule has 1 fully saturated rings. The predicted molar refractivity (Wildman–Crippen MR) is 74.2 cm³/mol. The van der Waals surface area contributed by atoms with Crippen molar-refractivity contribution in [1.29, 1.82) is 0 Å². The van der Waals surface area contributed by atoms with Crippen LogP contribution in [0.4, 0.5) is 0 Å². The Morgan fingerprint density at radius 2 is 2.12 bits per heavy atom. The fraction of sp³-hybridized carbons (Fsp3) is 0.571. The Morgan fingerprint density at radius 3 is 2.71 bits per heavy atom. The fourth-order valence-corrected chi connectivity index (χ4v) is 2.92. The van der Waals surface area contributed by atoms with Gasteiger partial charge in [-0.3, -0.25) is 4.90 Å². The van der Waals surface area contributed by atoms with E-state index in [4.69, 9.17) is 0 Å². The van der Waals surface area contributed by atoms with Crippen LogP contribution in [-0.4, -0.2) is 23.1 Å². The van der Waals surface area contributed by atoms with E-state index in [0.29, 0.717) is 11.2 Å². The van der Waals surface area contributed by atoms with Crippen molar-refractivity contribution < 1.29 is 5.11 Å². The van der Waals surface area contributed by atoms with E-state index in [1.54, 1.807) is 6.07 Å². The summed E-state index contributed by atoms with van der Waals surface area (Å²) in [5.74, 6) is 0.394. The van der Waals surface area contributed by atoms with Gasteiger partial charge in [0.05, 0.1) is 0 Å². The molecule has 1 saturated heterocycles. The molecule has 1 aliphatic rings. The molecule has 1 N–H and O–H groups in total. The van der Waals surface area contributed by atoms with Gasteiger partial charge in [-0.15, -0.1) is 0 Å². The number of hydrogen-bond acceptors (Lipinski definition) is 2. The maximum Gasteiger partial charge on any atom is 0.120 e. The largest absolute Gasteiger partial charge is 0.508 e. The number of aromatic hydroxyl groups is 1. The number of benzene rings is 1. The Kier molecular flexibility index (Phi) is 3.50. The fourth-order valence-electron chi connectivity index (χ4n) is 2.54. The van der Waals surface area contributed by atoms with Crippen LogP contribution in [0.15, 0.2) is 22.7 Å². The number of hydrogen-bond donors (Lipinski definition) is 1. The first-order valence-corrected chi connectivity index (χ1v) is 6.91. The van der Waals surface area contributed by atoms with E-state index in [2.05, 4.69) is 41.6 Å². The molecule has 0 amide bonds. The van der Waals surface area contributed by atoms with E-state index in [-0.39, 0.29) is 6.04 Å². The molecule has 3 heteroatoms. The van der Waals surface area contributed by atoms with Gasteiger partial charge in [0.15, 0.2) is 0 Å². The van der Waals surface area contributed by atoms with Crippen molar-refractivity contribution in [2.24, 2.45) is 5.41 Å². The van der Waals surface area contributed by atoms with E-state index in [1.807, 2.05) is 12.1 Å². The lowest BCUT2D eigenvalue weighted by Crippen LogP contribution is -2.26. The third-order valence-corrected chi connectivity index (χ3v) is 4.19. The molecule has 0 bridgehead atoms. The molecular weight excluding hydrogens is 278 g/mol. The summed E-state index contributed by atoms with van der Waals surface area (Å²) in [6, 6.07) is 5.93. The summed E-state index contributed by atoms with van der Waals surface area (Å²) >= 11 is 3.47. The Labute approximate surface area is 112 Å². The number of phenolic OH excluding ortho intramolecular Hbond substituents is 1. The third-order valence-electron chi connectivity index (χ3n) is 3.69. The first-order valence-electron chi connectivity index (χ1n) is 6.11. The zero-order valence-electron chi connectivity index (χ0n) is 10.7. The van der Waals surface area contributed by atoms with Crippen molar-refractivity contribution in [1.82, 2.24) is 4.90 Å². The molecule has 1 aliphatic heterocycles. The zero-order valence-corrected chi connectivity index (χ0v) is 12.3. The first kappa shape index (κ1) is 12.9. The summed E-state index contributed by atoms with van der Waals surface area (Å²) < 4.78 is 1.02. The lowest BCUT2D eigenvalue weighted by molar-refractivity contribution is 0.229. The summed E-state index contributed by atoms with van der Waals surface area (Å²) in [6.07, 6.45) is 1.23. The third kappa shape index (κ3) is 2.83. The van der Waals surface area contributed by atoms with E-state index in [0.717, 1.165) is 23.1 Å². The molecule has 1 aromatic carbocycles. The second kappa shape index (κ2) is 4.62.